The molecule has 0 saturated heterocycles. The van der Waals surface area contributed by atoms with Gasteiger partial charge in [-0.25, -0.2) is 14.8 Å². The number of anilines is 2. The lowest BCUT2D eigenvalue weighted by Gasteiger charge is -2.14. The van der Waals surface area contributed by atoms with Crippen LogP contribution in [0.1, 0.15) is 61.5 Å². The van der Waals surface area contributed by atoms with Crippen LogP contribution in [0, 0.1) is 0 Å². The van der Waals surface area contributed by atoms with Crippen molar-refractivity contribution >= 4 is 40.6 Å². The third kappa shape index (κ3) is 10.6. The van der Waals surface area contributed by atoms with Gasteiger partial charge in [0.25, 0.3) is 11.5 Å². The van der Waals surface area contributed by atoms with Crippen LogP contribution in [0.5, 0.6) is 0 Å². The van der Waals surface area contributed by atoms with Gasteiger partial charge in [0.2, 0.25) is 5.95 Å². The van der Waals surface area contributed by atoms with Crippen molar-refractivity contribution in [2.45, 2.75) is 64.2 Å². The van der Waals surface area contributed by atoms with Crippen LogP contribution in [0.25, 0.3) is 11.2 Å². The van der Waals surface area contributed by atoms with Crippen LogP contribution in [-0.2, 0) is 16.1 Å². The van der Waals surface area contributed by atoms with E-state index < -0.39 is 29.4 Å². The number of unbranched alkanes of at least 4 members (excludes halogenated alkanes) is 2. The van der Waals surface area contributed by atoms with E-state index in [-0.39, 0.29) is 48.2 Å². The predicted molar refractivity (Wildman–Crippen MR) is 148 cm³/mol. The van der Waals surface area contributed by atoms with Gasteiger partial charge in [0.1, 0.15) is 6.04 Å². The number of hydrogen-bond acceptors (Lipinski definition) is 11. The molecule has 216 valence electrons. The molecular formula is C25H35N9O6. The van der Waals surface area contributed by atoms with Crippen LogP contribution in [0.2, 0.25) is 0 Å². The number of aromatic nitrogens is 4. The molecule has 40 heavy (non-hydrogen) atoms. The van der Waals surface area contributed by atoms with Gasteiger partial charge in [-0.2, -0.15) is 4.98 Å². The molecule has 0 saturated carbocycles. The number of carboxylic acids is 2. The van der Waals surface area contributed by atoms with E-state index in [1.54, 1.807) is 12.1 Å². The molecular weight excluding hydrogens is 522 g/mol. The van der Waals surface area contributed by atoms with Gasteiger partial charge >= 0.3 is 11.9 Å². The first-order valence-corrected chi connectivity index (χ1v) is 12.6. The number of nitrogens with two attached hydrogens (primary N) is 3. The van der Waals surface area contributed by atoms with E-state index in [0.29, 0.717) is 11.4 Å². The summed E-state index contributed by atoms with van der Waals surface area (Å²) in [7, 11) is 0. The van der Waals surface area contributed by atoms with E-state index >= 15 is 0 Å². The van der Waals surface area contributed by atoms with E-state index in [1.807, 2.05) is 0 Å². The van der Waals surface area contributed by atoms with Gasteiger partial charge in [-0.3, -0.25) is 19.4 Å². The summed E-state index contributed by atoms with van der Waals surface area (Å²) in [5, 5.41) is 23.2. The van der Waals surface area contributed by atoms with Crippen molar-refractivity contribution in [3.8, 4) is 0 Å². The van der Waals surface area contributed by atoms with Crippen molar-refractivity contribution in [3.63, 3.8) is 0 Å². The molecule has 0 aliphatic rings. The number of aromatic amines is 1. The summed E-state index contributed by atoms with van der Waals surface area (Å²) in [4.78, 5) is 60.6. The van der Waals surface area contributed by atoms with Crippen LogP contribution in [-0.4, -0.2) is 60.2 Å². The van der Waals surface area contributed by atoms with Gasteiger partial charge in [0, 0.05) is 17.7 Å². The SMILES string of the molecule is CCCCCC(N)N.Nc1nc2ncc(CNc3ccc(C(=O)NC(CCC(=O)O)C(=O)O)cc3)nc2c(=O)[nH]1. The van der Waals surface area contributed by atoms with E-state index in [1.165, 1.54) is 37.6 Å². The van der Waals surface area contributed by atoms with Crippen molar-refractivity contribution in [2.24, 2.45) is 11.5 Å². The molecule has 2 aromatic heterocycles. The highest BCUT2D eigenvalue weighted by molar-refractivity contribution is 5.96. The number of carbonyl (C=O) groups is 3. The second kappa shape index (κ2) is 15.7. The van der Waals surface area contributed by atoms with Gasteiger partial charge in [0.05, 0.1) is 24.6 Å². The number of carboxylic acid groups (broad SMARTS) is 2. The molecule has 1 atom stereocenters. The first-order valence-electron chi connectivity index (χ1n) is 12.6. The van der Waals surface area contributed by atoms with E-state index in [2.05, 4.69) is 37.5 Å². The number of carbonyl (C=O) groups excluding carboxylic acids is 1. The molecule has 1 unspecified atom stereocenters. The van der Waals surface area contributed by atoms with Gasteiger partial charge < -0.3 is 38.0 Å². The minimum Gasteiger partial charge on any atom is -0.481 e. The molecule has 3 aromatic rings. The summed E-state index contributed by atoms with van der Waals surface area (Å²) < 4.78 is 0. The number of H-pyrrole nitrogens is 1. The van der Waals surface area contributed by atoms with Crippen molar-refractivity contribution in [3.05, 3.63) is 52.1 Å². The summed E-state index contributed by atoms with van der Waals surface area (Å²) >= 11 is 0. The Morgan fingerprint density at radius 1 is 1.05 bits per heavy atom. The molecule has 2 heterocycles. The molecule has 15 nitrogen and oxygen atoms in total. The Morgan fingerprint density at radius 3 is 2.35 bits per heavy atom. The number of rotatable bonds is 13. The lowest BCUT2D eigenvalue weighted by Crippen LogP contribution is -2.41. The van der Waals surface area contributed by atoms with Crippen molar-refractivity contribution in [1.82, 2.24) is 25.3 Å². The molecule has 0 aliphatic heterocycles. The fraction of sp³-hybridized carbons (Fsp3) is 0.400. The number of nitrogens with one attached hydrogen (secondary N) is 3. The molecule has 0 bridgehead atoms. The summed E-state index contributed by atoms with van der Waals surface area (Å²) in [5.41, 5.74) is 17.1. The molecule has 3 rings (SSSR count). The average molecular weight is 558 g/mol. The molecule has 0 radical (unpaired) electrons. The van der Waals surface area contributed by atoms with Crippen LogP contribution >= 0.6 is 0 Å². The van der Waals surface area contributed by atoms with Crippen LogP contribution < -0.4 is 33.4 Å². The van der Waals surface area contributed by atoms with Crippen molar-refractivity contribution in [2.75, 3.05) is 11.1 Å². The maximum Gasteiger partial charge on any atom is 0.326 e. The van der Waals surface area contributed by atoms with Crippen molar-refractivity contribution in [1.29, 1.82) is 0 Å². The number of aliphatic carboxylic acids is 2. The Morgan fingerprint density at radius 2 is 1.75 bits per heavy atom. The molecule has 0 spiro atoms. The Balaban J connectivity index is 0.000000611. The minimum absolute atomic E-state index is 0.0524. The molecule has 0 aliphatic carbocycles. The Kier molecular flexibility index (Phi) is 12.4. The second-order valence-corrected chi connectivity index (χ2v) is 8.87. The van der Waals surface area contributed by atoms with Crippen LogP contribution in [0.3, 0.4) is 0 Å². The van der Waals surface area contributed by atoms with Gasteiger partial charge in [-0.15, -0.1) is 0 Å². The van der Waals surface area contributed by atoms with E-state index in [4.69, 9.17) is 27.4 Å². The normalized spacial score (nSPS) is 11.4. The summed E-state index contributed by atoms with van der Waals surface area (Å²) in [6, 6.07) is 4.86. The minimum atomic E-state index is -1.31. The summed E-state index contributed by atoms with van der Waals surface area (Å²) in [5.74, 6) is -3.16. The largest absolute Gasteiger partial charge is 0.481 e. The topological polar surface area (TPSA) is 265 Å². The third-order valence-corrected chi connectivity index (χ3v) is 5.50. The number of fused-ring (bicyclic) bond motifs is 1. The Labute approximate surface area is 229 Å². The third-order valence-electron chi connectivity index (χ3n) is 5.50. The first-order chi connectivity index (χ1) is 19.0. The zero-order chi connectivity index (χ0) is 29.7. The van der Waals surface area contributed by atoms with Crippen LogP contribution in [0.4, 0.5) is 11.6 Å². The van der Waals surface area contributed by atoms with E-state index in [9.17, 15) is 19.2 Å². The zero-order valence-corrected chi connectivity index (χ0v) is 22.1. The fourth-order valence-electron chi connectivity index (χ4n) is 3.39. The van der Waals surface area contributed by atoms with Crippen LogP contribution in [0.15, 0.2) is 35.3 Å². The maximum absolute atomic E-state index is 12.3. The average Bonchev–Trinajstić information content (AvgIpc) is 2.90. The standard InChI is InChI=1S/C19H19N7O6.C6H16N2/c20-19-25-15-14(17(30)26-19)23-11(8-22-15)7-21-10-3-1-9(2-4-10)16(29)24-12(18(31)32)5-6-13(27)28;1-2-3-4-5-6(7)8/h1-4,8,12,21H,5-7H2,(H,24,29)(H,27,28)(H,31,32)(H3,20,22,25,26,30);6H,2-5,7-8H2,1H3. The predicted octanol–water partition coefficient (Wildman–Crippen LogP) is 0.765. The smallest absolute Gasteiger partial charge is 0.326 e. The van der Waals surface area contributed by atoms with Gasteiger partial charge in [-0.05, 0) is 37.1 Å². The highest BCUT2D eigenvalue weighted by Gasteiger charge is 2.21. The number of hydrogen-bond donors (Lipinski definition) is 8. The van der Waals surface area contributed by atoms with Crippen molar-refractivity contribution < 1.29 is 24.6 Å². The molecule has 0 fully saturated rings. The quantitative estimate of drug-likeness (QED) is 0.107. The first kappa shape index (κ1) is 31.6. The molecule has 11 N–H and O–H groups in total. The number of nitrogen functional groups attached to an aromatic ring is 1. The lowest BCUT2D eigenvalue weighted by molar-refractivity contribution is -0.140. The Bertz CT molecular complexity index is 1340. The van der Waals surface area contributed by atoms with Gasteiger partial charge in [-0.1, -0.05) is 26.2 Å². The number of nitrogens with zero attached hydrogens (tertiary/aromatic N) is 3. The number of benzene rings is 1. The monoisotopic (exact) mass is 557 g/mol. The molecule has 15 heteroatoms. The lowest BCUT2D eigenvalue weighted by atomic mass is 10.1. The Hall–Kier alpha value is -4.63. The maximum atomic E-state index is 12.3. The molecule has 1 amide bonds. The second-order valence-electron chi connectivity index (χ2n) is 8.87. The fourth-order valence-corrected chi connectivity index (χ4v) is 3.39. The highest BCUT2D eigenvalue weighted by atomic mass is 16.4. The van der Waals surface area contributed by atoms with E-state index in [0.717, 1.165) is 6.42 Å². The molecule has 1 aromatic carbocycles. The van der Waals surface area contributed by atoms with Gasteiger partial charge in [0.15, 0.2) is 11.2 Å². The summed E-state index contributed by atoms with van der Waals surface area (Å²) in [6.07, 6.45) is 5.38. The zero-order valence-electron chi connectivity index (χ0n) is 22.1. The summed E-state index contributed by atoms with van der Waals surface area (Å²) in [6.45, 7) is 2.40. The highest BCUT2D eigenvalue weighted by Crippen LogP contribution is 2.12. The number of amides is 1.